The van der Waals surface area contributed by atoms with Gasteiger partial charge >= 0.3 is 6.16 Å². The molecule has 7 nitrogen and oxygen atoms in total. The van der Waals surface area contributed by atoms with Crippen LogP contribution in [0.1, 0.15) is 31.0 Å². The molecule has 2 N–H and O–H groups in total. The zero-order valence-electron chi connectivity index (χ0n) is 13.3. The zero-order valence-corrected chi connectivity index (χ0v) is 13.3. The summed E-state index contributed by atoms with van der Waals surface area (Å²) in [6.07, 6.45) is 2.38. The summed E-state index contributed by atoms with van der Waals surface area (Å²) in [6, 6.07) is 7.15. The van der Waals surface area contributed by atoms with Crippen molar-refractivity contribution in [2.24, 2.45) is 0 Å². The molecule has 0 saturated carbocycles. The largest absolute Gasteiger partial charge is 0.513 e. The molecule has 1 aliphatic rings. The molecule has 0 saturated heterocycles. The van der Waals surface area contributed by atoms with Gasteiger partial charge in [-0.3, -0.25) is 9.78 Å². The monoisotopic (exact) mass is 327 g/mol. The number of anilines is 1. The van der Waals surface area contributed by atoms with Crippen LogP contribution in [0.5, 0.6) is 0 Å². The van der Waals surface area contributed by atoms with Gasteiger partial charge in [0.25, 0.3) is 5.56 Å². The summed E-state index contributed by atoms with van der Waals surface area (Å²) in [4.78, 5) is 31.2. The number of aromatic nitrogens is 2. The van der Waals surface area contributed by atoms with Gasteiger partial charge in [0.2, 0.25) is 0 Å². The molecule has 0 aromatic carbocycles. The van der Waals surface area contributed by atoms with Crippen LogP contribution in [0.3, 0.4) is 0 Å². The first-order chi connectivity index (χ1) is 11.6. The normalized spacial score (nSPS) is 16.2. The molecule has 1 aliphatic heterocycles. The minimum atomic E-state index is -0.814. The Morgan fingerprint density at radius 2 is 2.17 bits per heavy atom. The van der Waals surface area contributed by atoms with Crippen LogP contribution < -0.4 is 10.9 Å². The number of rotatable bonds is 3. The van der Waals surface area contributed by atoms with Gasteiger partial charge < -0.3 is 19.8 Å². The summed E-state index contributed by atoms with van der Waals surface area (Å²) >= 11 is 0. The Balaban J connectivity index is 2.14. The fourth-order valence-electron chi connectivity index (χ4n) is 2.70. The molecular formula is C17H17N3O4. The number of fused-ring (bicyclic) bond motifs is 1. The molecule has 3 rings (SSSR count). The standard InChI is InChI=1S/C17H17N3O4/c1-3-23-17(22)24-15-10(2)20-12-7-9-19-16(21)14(12)13(15)11-6-4-5-8-18-11/h4-9,13,20H,3H2,1-2H3,(H,19,21). The fraction of sp³-hybridized carbons (Fsp3) is 0.235. The van der Waals surface area contributed by atoms with Gasteiger partial charge in [0, 0.05) is 18.1 Å². The van der Waals surface area contributed by atoms with Crippen LogP contribution in [0.15, 0.2) is 52.9 Å². The van der Waals surface area contributed by atoms with Crippen LogP contribution in [0.4, 0.5) is 10.5 Å². The van der Waals surface area contributed by atoms with E-state index in [9.17, 15) is 9.59 Å². The maximum Gasteiger partial charge on any atom is 0.513 e. The molecule has 0 spiro atoms. The Bertz CT molecular complexity index is 842. The lowest BCUT2D eigenvalue weighted by Crippen LogP contribution is -2.28. The van der Waals surface area contributed by atoms with Gasteiger partial charge in [-0.15, -0.1) is 0 Å². The number of carbonyl (C=O) groups is 1. The second kappa shape index (κ2) is 6.57. The molecule has 0 amide bonds. The van der Waals surface area contributed by atoms with Crippen LogP contribution in [-0.4, -0.2) is 22.7 Å². The van der Waals surface area contributed by atoms with Gasteiger partial charge in [0.15, 0.2) is 0 Å². The van der Waals surface area contributed by atoms with E-state index in [1.54, 1.807) is 44.4 Å². The van der Waals surface area contributed by atoms with E-state index in [0.717, 1.165) is 0 Å². The topological polar surface area (TPSA) is 93.3 Å². The molecule has 24 heavy (non-hydrogen) atoms. The summed E-state index contributed by atoms with van der Waals surface area (Å²) in [6.45, 7) is 3.66. The number of H-pyrrole nitrogens is 1. The number of pyridine rings is 2. The average Bonchev–Trinajstić information content (AvgIpc) is 2.57. The van der Waals surface area contributed by atoms with E-state index < -0.39 is 12.1 Å². The number of carbonyl (C=O) groups excluding carboxylic acids is 1. The Labute approximate surface area is 138 Å². The summed E-state index contributed by atoms with van der Waals surface area (Å²) in [5.41, 5.74) is 2.06. The Morgan fingerprint density at radius 1 is 1.33 bits per heavy atom. The van der Waals surface area contributed by atoms with Gasteiger partial charge in [-0.25, -0.2) is 4.79 Å². The number of allylic oxidation sites excluding steroid dienone is 2. The molecule has 1 unspecified atom stereocenters. The second-order valence-electron chi connectivity index (χ2n) is 5.22. The third-order valence-corrected chi connectivity index (χ3v) is 3.68. The Morgan fingerprint density at radius 3 is 2.88 bits per heavy atom. The minimum absolute atomic E-state index is 0.198. The molecule has 0 aliphatic carbocycles. The van der Waals surface area contributed by atoms with Gasteiger partial charge in [-0.2, -0.15) is 0 Å². The molecule has 0 fully saturated rings. The summed E-state index contributed by atoms with van der Waals surface area (Å²) in [7, 11) is 0. The van der Waals surface area contributed by atoms with E-state index in [-0.39, 0.29) is 12.2 Å². The lowest BCUT2D eigenvalue weighted by Gasteiger charge is -2.28. The van der Waals surface area contributed by atoms with Gasteiger partial charge in [-0.05, 0) is 32.0 Å². The highest BCUT2D eigenvalue weighted by atomic mass is 16.7. The van der Waals surface area contributed by atoms with Crippen molar-refractivity contribution in [1.29, 1.82) is 0 Å². The highest BCUT2D eigenvalue weighted by Gasteiger charge is 2.34. The molecule has 124 valence electrons. The van der Waals surface area contributed by atoms with Crippen LogP contribution >= 0.6 is 0 Å². The Kier molecular flexibility index (Phi) is 4.33. The minimum Gasteiger partial charge on any atom is -0.434 e. The average molecular weight is 327 g/mol. The third kappa shape index (κ3) is 2.88. The van der Waals surface area contributed by atoms with E-state index in [1.165, 1.54) is 0 Å². The number of nitrogens with one attached hydrogen (secondary N) is 2. The van der Waals surface area contributed by atoms with Crippen molar-refractivity contribution < 1.29 is 14.3 Å². The quantitative estimate of drug-likeness (QED) is 0.842. The van der Waals surface area contributed by atoms with Crippen LogP contribution in [0.2, 0.25) is 0 Å². The number of aromatic amines is 1. The highest BCUT2D eigenvalue weighted by molar-refractivity contribution is 5.67. The Hall–Kier alpha value is -3.09. The molecule has 7 heteroatoms. The van der Waals surface area contributed by atoms with Crippen molar-refractivity contribution in [2.45, 2.75) is 19.8 Å². The van der Waals surface area contributed by atoms with Gasteiger partial charge in [0.1, 0.15) is 5.76 Å². The predicted molar refractivity (Wildman–Crippen MR) is 87.6 cm³/mol. The van der Waals surface area contributed by atoms with Crippen molar-refractivity contribution in [3.63, 3.8) is 0 Å². The smallest absolute Gasteiger partial charge is 0.434 e. The van der Waals surface area contributed by atoms with E-state index in [4.69, 9.17) is 9.47 Å². The van der Waals surface area contributed by atoms with Crippen molar-refractivity contribution >= 4 is 11.8 Å². The number of nitrogens with zero attached hydrogens (tertiary/aromatic N) is 1. The van der Waals surface area contributed by atoms with Crippen LogP contribution in [0, 0.1) is 0 Å². The fourth-order valence-corrected chi connectivity index (χ4v) is 2.70. The maximum atomic E-state index is 12.4. The van der Waals surface area contributed by atoms with Crippen molar-refractivity contribution in [2.75, 3.05) is 11.9 Å². The van der Waals surface area contributed by atoms with Gasteiger partial charge in [0.05, 0.1) is 29.5 Å². The molecule has 3 heterocycles. The lowest BCUT2D eigenvalue weighted by atomic mass is 9.89. The molecule has 2 aromatic heterocycles. The highest BCUT2D eigenvalue weighted by Crippen LogP contribution is 2.39. The van der Waals surface area contributed by atoms with Crippen molar-refractivity contribution in [3.8, 4) is 0 Å². The number of hydrogen-bond donors (Lipinski definition) is 2. The van der Waals surface area contributed by atoms with Crippen molar-refractivity contribution in [1.82, 2.24) is 9.97 Å². The van der Waals surface area contributed by atoms with Gasteiger partial charge in [-0.1, -0.05) is 6.07 Å². The molecule has 2 aromatic rings. The molecule has 0 radical (unpaired) electrons. The summed E-state index contributed by atoms with van der Waals surface area (Å²) in [5.74, 6) is -0.298. The third-order valence-electron chi connectivity index (χ3n) is 3.68. The number of hydrogen-bond acceptors (Lipinski definition) is 6. The van der Waals surface area contributed by atoms with E-state index in [1.807, 2.05) is 6.07 Å². The zero-order chi connectivity index (χ0) is 17.1. The number of ether oxygens (including phenoxy) is 2. The van der Waals surface area contributed by atoms with Crippen molar-refractivity contribution in [3.05, 3.63) is 69.7 Å². The summed E-state index contributed by atoms with van der Waals surface area (Å²) < 4.78 is 10.3. The van der Waals surface area contributed by atoms with Crippen LogP contribution in [-0.2, 0) is 9.47 Å². The van der Waals surface area contributed by atoms with E-state index in [2.05, 4.69) is 15.3 Å². The second-order valence-corrected chi connectivity index (χ2v) is 5.22. The molecule has 0 bridgehead atoms. The first kappa shape index (κ1) is 15.8. The first-order valence-corrected chi connectivity index (χ1v) is 7.56. The molecule has 1 atom stereocenters. The maximum absolute atomic E-state index is 12.4. The SMILES string of the molecule is CCOC(=O)OC1=C(C)Nc2cc[nH]c(=O)c2C1c1ccccn1. The lowest BCUT2D eigenvalue weighted by molar-refractivity contribution is 0.0776. The predicted octanol–water partition coefficient (Wildman–Crippen LogP) is 2.73. The summed E-state index contributed by atoms with van der Waals surface area (Å²) in [5, 5.41) is 3.10. The molecular weight excluding hydrogens is 310 g/mol. The van der Waals surface area contributed by atoms with E-state index >= 15 is 0 Å². The first-order valence-electron chi connectivity index (χ1n) is 7.56. The van der Waals surface area contributed by atoms with E-state index in [0.29, 0.717) is 28.4 Å². The van der Waals surface area contributed by atoms with Crippen LogP contribution in [0.25, 0.3) is 0 Å².